The molecule has 0 aliphatic carbocycles. The highest BCUT2D eigenvalue weighted by atomic mass is 35.5. The van der Waals surface area contributed by atoms with E-state index in [2.05, 4.69) is 4.90 Å². The monoisotopic (exact) mass is 268 g/mol. The lowest BCUT2D eigenvalue weighted by Gasteiger charge is -2.29. The molecule has 1 atom stereocenters. The van der Waals surface area contributed by atoms with Gasteiger partial charge in [-0.3, -0.25) is 0 Å². The van der Waals surface area contributed by atoms with Gasteiger partial charge in [0.2, 0.25) is 0 Å². The summed E-state index contributed by atoms with van der Waals surface area (Å²) in [6, 6.07) is 5.81. The summed E-state index contributed by atoms with van der Waals surface area (Å²) < 4.78 is 5.15. The van der Waals surface area contributed by atoms with Crippen LogP contribution in [0, 0.1) is 0 Å². The lowest BCUT2D eigenvalue weighted by Crippen LogP contribution is -2.36. The van der Waals surface area contributed by atoms with Crippen molar-refractivity contribution in [1.29, 1.82) is 0 Å². The molecular weight excluding hydrogens is 248 g/mol. The van der Waals surface area contributed by atoms with E-state index in [-0.39, 0.29) is 6.04 Å². The highest BCUT2D eigenvalue weighted by Crippen LogP contribution is 2.27. The summed E-state index contributed by atoms with van der Waals surface area (Å²) in [5, 5.41) is 0.629. The number of ether oxygens (including phenoxy) is 1. The van der Waals surface area contributed by atoms with Gasteiger partial charge in [0, 0.05) is 12.6 Å². The zero-order valence-corrected chi connectivity index (χ0v) is 11.6. The molecule has 0 radical (unpaired) electrons. The van der Waals surface area contributed by atoms with E-state index in [4.69, 9.17) is 22.1 Å². The van der Waals surface area contributed by atoms with Gasteiger partial charge in [-0.25, -0.2) is 0 Å². The number of methoxy groups -OCH3 is 1. The summed E-state index contributed by atoms with van der Waals surface area (Å²) in [6.45, 7) is 3.23. The van der Waals surface area contributed by atoms with Crippen molar-refractivity contribution < 1.29 is 4.74 Å². The first-order chi connectivity index (χ1) is 8.70. The fourth-order valence-corrected chi connectivity index (χ4v) is 2.70. The second-order valence-electron chi connectivity index (χ2n) is 4.86. The average Bonchev–Trinajstić information content (AvgIpc) is 2.39. The summed E-state index contributed by atoms with van der Waals surface area (Å²) in [6.07, 6.45) is 3.92. The van der Waals surface area contributed by atoms with E-state index in [1.165, 1.54) is 19.3 Å². The summed E-state index contributed by atoms with van der Waals surface area (Å²) in [5.41, 5.74) is 7.32. The third-order valence-corrected chi connectivity index (χ3v) is 3.80. The number of piperidine rings is 1. The first-order valence-corrected chi connectivity index (χ1v) is 6.90. The van der Waals surface area contributed by atoms with Gasteiger partial charge >= 0.3 is 0 Å². The molecule has 0 aromatic heterocycles. The maximum absolute atomic E-state index is 6.25. The fraction of sp³-hybridized carbons (Fsp3) is 0.571. The third-order valence-electron chi connectivity index (χ3n) is 3.51. The Morgan fingerprint density at radius 2 is 2.06 bits per heavy atom. The van der Waals surface area contributed by atoms with Crippen molar-refractivity contribution in [1.82, 2.24) is 4.90 Å². The molecule has 1 fully saturated rings. The van der Waals surface area contributed by atoms with Crippen molar-refractivity contribution in [2.24, 2.45) is 5.73 Å². The number of hydrogen-bond acceptors (Lipinski definition) is 3. The molecule has 3 nitrogen and oxygen atoms in total. The highest BCUT2D eigenvalue weighted by molar-refractivity contribution is 6.32. The van der Waals surface area contributed by atoms with Crippen LogP contribution >= 0.6 is 11.6 Å². The van der Waals surface area contributed by atoms with E-state index in [1.807, 2.05) is 18.2 Å². The first-order valence-electron chi connectivity index (χ1n) is 6.52. The number of likely N-dealkylation sites (tertiary alicyclic amines) is 1. The topological polar surface area (TPSA) is 38.5 Å². The van der Waals surface area contributed by atoms with Gasteiger partial charge in [0.25, 0.3) is 0 Å². The molecule has 1 heterocycles. The third kappa shape index (κ3) is 3.37. The van der Waals surface area contributed by atoms with Crippen molar-refractivity contribution in [2.75, 3.05) is 26.7 Å². The van der Waals surface area contributed by atoms with Gasteiger partial charge in [-0.1, -0.05) is 24.1 Å². The minimum atomic E-state index is 0.0199. The molecule has 1 aromatic carbocycles. The zero-order chi connectivity index (χ0) is 13.0. The minimum absolute atomic E-state index is 0.0199. The Bertz CT molecular complexity index is 391. The van der Waals surface area contributed by atoms with Crippen LogP contribution in [-0.2, 0) is 0 Å². The highest BCUT2D eigenvalue weighted by Gasteiger charge is 2.15. The van der Waals surface area contributed by atoms with Gasteiger partial charge in [-0.05, 0) is 43.6 Å². The smallest absolute Gasteiger partial charge is 0.137 e. The van der Waals surface area contributed by atoms with Crippen LogP contribution in [0.2, 0.25) is 5.02 Å². The van der Waals surface area contributed by atoms with Crippen LogP contribution in [0.15, 0.2) is 18.2 Å². The number of rotatable bonds is 4. The Kier molecular flexibility index (Phi) is 4.87. The number of nitrogens with two attached hydrogens (primary N) is 1. The van der Waals surface area contributed by atoms with Crippen LogP contribution < -0.4 is 10.5 Å². The normalized spacial score (nSPS) is 18.6. The van der Waals surface area contributed by atoms with Gasteiger partial charge in [0.15, 0.2) is 0 Å². The van der Waals surface area contributed by atoms with Gasteiger partial charge in [0.1, 0.15) is 5.75 Å². The Labute approximate surface area is 114 Å². The van der Waals surface area contributed by atoms with Gasteiger partial charge in [0.05, 0.1) is 12.1 Å². The maximum Gasteiger partial charge on any atom is 0.137 e. The molecule has 0 saturated carbocycles. The minimum Gasteiger partial charge on any atom is -0.495 e. The quantitative estimate of drug-likeness (QED) is 0.913. The van der Waals surface area contributed by atoms with Crippen molar-refractivity contribution in [3.63, 3.8) is 0 Å². The summed E-state index contributed by atoms with van der Waals surface area (Å²) >= 11 is 6.12. The Morgan fingerprint density at radius 3 is 2.67 bits per heavy atom. The number of hydrogen-bond donors (Lipinski definition) is 1. The van der Waals surface area contributed by atoms with Crippen molar-refractivity contribution >= 4 is 11.6 Å². The van der Waals surface area contributed by atoms with Crippen molar-refractivity contribution in [3.8, 4) is 5.75 Å². The molecule has 1 aliphatic heterocycles. The summed E-state index contributed by atoms with van der Waals surface area (Å²) in [5.74, 6) is 0.700. The second kappa shape index (κ2) is 6.41. The SMILES string of the molecule is COc1ccc(C(N)CN2CCCCC2)cc1Cl. The molecule has 1 saturated heterocycles. The standard InChI is InChI=1S/C14H21ClN2O/c1-18-14-6-5-11(9-12(14)15)13(16)10-17-7-3-2-4-8-17/h5-6,9,13H,2-4,7-8,10,16H2,1H3. The van der Waals surface area contributed by atoms with Gasteiger partial charge < -0.3 is 15.4 Å². The van der Waals surface area contributed by atoms with Crippen molar-refractivity contribution in [3.05, 3.63) is 28.8 Å². The molecule has 1 aromatic rings. The van der Waals surface area contributed by atoms with Crippen molar-refractivity contribution in [2.45, 2.75) is 25.3 Å². The molecule has 0 spiro atoms. The molecule has 1 unspecified atom stereocenters. The second-order valence-corrected chi connectivity index (χ2v) is 5.27. The molecule has 2 N–H and O–H groups in total. The number of nitrogens with zero attached hydrogens (tertiary/aromatic N) is 1. The Morgan fingerprint density at radius 1 is 1.33 bits per heavy atom. The molecule has 18 heavy (non-hydrogen) atoms. The van der Waals surface area contributed by atoms with Crippen LogP contribution in [0.1, 0.15) is 30.9 Å². The lowest BCUT2D eigenvalue weighted by molar-refractivity contribution is 0.216. The first kappa shape index (κ1) is 13.7. The molecule has 4 heteroatoms. The van der Waals surface area contributed by atoms with E-state index in [0.29, 0.717) is 10.8 Å². The Balaban J connectivity index is 1.99. The fourth-order valence-electron chi connectivity index (χ4n) is 2.44. The number of benzene rings is 1. The average molecular weight is 269 g/mol. The molecule has 2 rings (SSSR count). The molecule has 100 valence electrons. The van der Waals surface area contributed by atoms with Crippen LogP contribution in [0.25, 0.3) is 0 Å². The molecular formula is C14H21ClN2O. The summed E-state index contributed by atoms with van der Waals surface area (Å²) in [7, 11) is 1.62. The van der Waals surface area contributed by atoms with Gasteiger partial charge in [-0.15, -0.1) is 0 Å². The van der Waals surface area contributed by atoms with E-state index in [0.717, 1.165) is 25.2 Å². The Hall–Kier alpha value is -0.770. The van der Waals surface area contributed by atoms with E-state index >= 15 is 0 Å². The molecule has 0 amide bonds. The zero-order valence-electron chi connectivity index (χ0n) is 10.9. The largest absolute Gasteiger partial charge is 0.495 e. The van der Waals surface area contributed by atoms with Crippen LogP contribution in [-0.4, -0.2) is 31.6 Å². The van der Waals surface area contributed by atoms with Crippen LogP contribution in [0.5, 0.6) is 5.75 Å². The predicted molar refractivity (Wildman–Crippen MR) is 75.2 cm³/mol. The molecule has 1 aliphatic rings. The van der Waals surface area contributed by atoms with E-state index in [1.54, 1.807) is 7.11 Å². The summed E-state index contributed by atoms with van der Waals surface area (Å²) in [4.78, 5) is 2.44. The lowest BCUT2D eigenvalue weighted by atomic mass is 10.1. The van der Waals surface area contributed by atoms with Crippen LogP contribution in [0.4, 0.5) is 0 Å². The van der Waals surface area contributed by atoms with Gasteiger partial charge in [-0.2, -0.15) is 0 Å². The van der Waals surface area contributed by atoms with E-state index < -0.39 is 0 Å². The number of halogens is 1. The predicted octanol–water partition coefficient (Wildman–Crippen LogP) is 2.83. The van der Waals surface area contributed by atoms with E-state index in [9.17, 15) is 0 Å². The maximum atomic E-state index is 6.25. The van der Waals surface area contributed by atoms with Crippen LogP contribution in [0.3, 0.4) is 0 Å². The molecule has 0 bridgehead atoms.